The van der Waals surface area contributed by atoms with Crippen molar-refractivity contribution in [3.8, 4) is 11.8 Å². The number of piperidine rings is 1. The molecule has 4 N–H and O–H groups in total. The molecule has 0 spiro atoms. The van der Waals surface area contributed by atoms with Gasteiger partial charge >= 0.3 is 5.79 Å². The van der Waals surface area contributed by atoms with Gasteiger partial charge in [-0.25, -0.2) is 9.97 Å². The van der Waals surface area contributed by atoms with E-state index >= 15 is 0 Å². The Morgan fingerprint density at radius 1 is 1.50 bits per heavy atom. The number of hydrogen-bond donors (Lipinski definition) is 4. The molecule has 0 saturated carbocycles. The second kappa shape index (κ2) is 6.44. The number of fused-ring (bicyclic) bond motifs is 1. The minimum atomic E-state index is -3.04. The van der Waals surface area contributed by atoms with Crippen molar-refractivity contribution in [2.24, 2.45) is 5.92 Å². The topological polar surface area (TPSA) is 150 Å². The fraction of sp³-hybridized carbons (Fsp3) is 0.500. The number of anilines is 1. The maximum Gasteiger partial charge on any atom is 0.336 e. The second-order valence-corrected chi connectivity index (χ2v) is 6.57. The van der Waals surface area contributed by atoms with Crippen LogP contribution < -0.4 is 4.90 Å². The standard InChI is InChI=1S/C16H20N6O4/c1-9-3-4-22(15(24)16(25,26)7-17)6-10(9)21(2)14-12-11(23)5-18-13(12)19-8-20-14/h5,8-10,23,25-26H,3-4,6H2,1-2H3,(H,18,19,20)/t9-,10+/m1/s1. The van der Waals surface area contributed by atoms with Crippen molar-refractivity contribution in [1.82, 2.24) is 19.9 Å². The van der Waals surface area contributed by atoms with Crippen molar-refractivity contribution in [2.45, 2.75) is 25.2 Å². The third-order valence-electron chi connectivity index (χ3n) is 4.92. The van der Waals surface area contributed by atoms with Gasteiger partial charge in [0.05, 0.1) is 6.04 Å². The van der Waals surface area contributed by atoms with Gasteiger partial charge in [-0.1, -0.05) is 6.92 Å². The number of hydrogen-bond acceptors (Lipinski definition) is 8. The van der Waals surface area contributed by atoms with Crippen LogP contribution in [0.3, 0.4) is 0 Å². The summed E-state index contributed by atoms with van der Waals surface area (Å²) in [6, 6.07) is 1.00. The van der Waals surface area contributed by atoms with E-state index in [4.69, 9.17) is 5.26 Å². The van der Waals surface area contributed by atoms with Crippen molar-refractivity contribution in [3.63, 3.8) is 0 Å². The number of aromatic hydroxyl groups is 1. The summed E-state index contributed by atoms with van der Waals surface area (Å²) in [5.41, 5.74) is 0.491. The molecule has 0 aliphatic carbocycles. The molecule has 3 heterocycles. The lowest BCUT2D eigenvalue weighted by atomic mass is 9.91. The first kappa shape index (κ1) is 17.9. The predicted octanol–water partition coefficient (Wildman–Crippen LogP) is -0.459. The van der Waals surface area contributed by atoms with Crippen LogP contribution in [0.4, 0.5) is 5.82 Å². The molecule has 1 fully saturated rings. The van der Waals surface area contributed by atoms with Gasteiger partial charge < -0.3 is 30.1 Å². The van der Waals surface area contributed by atoms with Crippen LogP contribution in [0.15, 0.2) is 12.5 Å². The Bertz CT molecular complexity index is 873. The normalized spacial score (nSPS) is 20.8. The van der Waals surface area contributed by atoms with Crippen molar-refractivity contribution < 1.29 is 20.1 Å². The van der Waals surface area contributed by atoms with Crippen molar-refractivity contribution >= 4 is 22.8 Å². The van der Waals surface area contributed by atoms with Gasteiger partial charge in [0, 0.05) is 26.3 Å². The first-order valence-electron chi connectivity index (χ1n) is 8.15. The molecule has 2 aromatic heterocycles. The minimum Gasteiger partial charge on any atom is -0.506 e. The van der Waals surface area contributed by atoms with Crippen LogP contribution in [-0.4, -0.2) is 73.0 Å². The minimum absolute atomic E-state index is 0.0214. The van der Waals surface area contributed by atoms with Gasteiger partial charge in [-0.3, -0.25) is 4.79 Å². The van der Waals surface area contributed by atoms with Gasteiger partial charge in [-0.2, -0.15) is 5.26 Å². The van der Waals surface area contributed by atoms with E-state index < -0.39 is 11.7 Å². The molecule has 138 valence electrons. The molecule has 0 aromatic carbocycles. The third-order valence-corrected chi connectivity index (χ3v) is 4.92. The monoisotopic (exact) mass is 360 g/mol. The lowest BCUT2D eigenvalue weighted by molar-refractivity contribution is -0.178. The van der Waals surface area contributed by atoms with E-state index in [0.29, 0.717) is 29.8 Å². The van der Waals surface area contributed by atoms with E-state index in [9.17, 15) is 20.1 Å². The average molecular weight is 360 g/mol. The number of rotatable bonds is 3. The highest BCUT2D eigenvalue weighted by atomic mass is 16.5. The molecule has 0 unspecified atom stereocenters. The molecular formula is C16H20N6O4. The number of carbonyl (C=O) groups is 1. The Hall–Kier alpha value is -2.90. The van der Waals surface area contributed by atoms with Gasteiger partial charge in [0.1, 0.15) is 35.0 Å². The number of likely N-dealkylation sites (tertiary alicyclic amines) is 1. The largest absolute Gasteiger partial charge is 0.506 e. The van der Waals surface area contributed by atoms with E-state index in [1.807, 2.05) is 11.8 Å². The van der Waals surface area contributed by atoms with Crippen molar-refractivity contribution in [3.05, 3.63) is 12.5 Å². The second-order valence-electron chi connectivity index (χ2n) is 6.57. The number of aromatic nitrogens is 3. The lowest BCUT2D eigenvalue weighted by Gasteiger charge is -2.42. The number of nitrogens with zero attached hydrogens (tertiary/aromatic N) is 5. The summed E-state index contributed by atoms with van der Waals surface area (Å²) in [6.07, 6.45) is 3.42. The maximum atomic E-state index is 12.2. The fourth-order valence-electron chi connectivity index (χ4n) is 3.36. The lowest BCUT2D eigenvalue weighted by Crippen LogP contribution is -2.57. The molecule has 1 saturated heterocycles. The molecule has 0 bridgehead atoms. The number of carbonyl (C=O) groups excluding carboxylic acids is 1. The molecule has 2 aromatic rings. The summed E-state index contributed by atoms with van der Waals surface area (Å²) in [5, 5.41) is 38.4. The fourth-order valence-corrected chi connectivity index (χ4v) is 3.36. The zero-order valence-corrected chi connectivity index (χ0v) is 14.4. The molecule has 26 heavy (non-hydrogen) atoms. The van der Waals surface area contributed by atoms with Gasteiger partial charge in [-0.05, 0) is 12.3 Å². The smallest absolute Gasteiger partial charge is 0.336 e. The SMILES string of the molecule is C[C@@H]1CCN(C(=O)C(O)(O)C#N)C[C@@H]1N(C)c1ncnc2[nH]cc(O)c12. The molecule has 10 nitrogen and oxygen atoms in total. The Balaban J connectivity index is 1.90. The van der Waals surface area contributed by atoms with E-state index in [0.717, 1.165) is 0 Å². The Kier molecular flexibility index (Phi) is 4.43. The molecular weight excluding hydrogens is 340 g/mol. The highest BCUT2D eigenvalue weighted by Gasteiger charge is 2.41. The number of nitrogens with one attached hydrogen (secondary N) is 1. The van der Waals surface area contributed by atoms with Gasteiger partial charge in [-0.15, -0.1) is 0 Å². The van der Waals surface area contributed by atoms with E-state index in [1.54, 1.807) is 7.05 Å². The van der Waals surface area contributed by atoms with E-state index in [1.165, 1.54) is 23.5 Å². The van der Waals surface area contributed by atoms with Crippen LogP contribution in [-0.2, 0) is 4.79 Å². The summed E-state index contributed by atoms with van der Waals surface area (Å²) in [5.74, 6) is -3.38. The van der Waals surface area contributed by atoms with Crippen molar-refractivity contribution in [2.75, 3.05) is 25.0 Å². The molecule has 1 aliphatic heterocycles. The highest BCUT2D eigenvalue weighted by molar-refractivity contribution is 5.93. The van der Waals surface area contributed by atoms with Crippen LogP contribution >= 0.6 is 0 Å². The van der Waals surface area contributed by atoms with Crippen LogP contribution in [0.1, 0.15) is 13.3 Å². The average Bonchev–Trinajstić information content (AvgIpc) is 3.02. The number of aromatic amines is 1. The van der Waals surface area contributed by atoms with Gasteiger partial charge in [0.2, 0.25) is 0 Å². The van der Waals surface area contributed by atoms with Crippen LogP contribution in [0, 0.1) is 17.2 Å². The number of amides is 1. The summed E-state index contributed by atoms with van der Waals surface area (Å²) in [4.78, 5) is 26.5. The predicted molar refractivity (Wildman–Crippen MR) is 90.9 cm³/mol. The summed E-state index contributed by atoms with van der Waals surface area (Å²) in [6.45, 7) is 2.54. The molecule has 1 aliphatic rings. The summed E-state index contributed by atoms with van der Waals surface area (Å²) in [7, 11) is 1.79. The van der Waals surface area contributed by atoms with E-state index in [2.05, 4.69) is 15.0 Å². The van der Waals surface area contributed by atoms with Gasteiger partial charge in [0.15, 0.2) is 0 Å². The number of aliphatic hydroxyl groups is 2. The first-order valence-corrected chi connectivity index (χ1v) is 8.15. The number of likely N-dealkylation sites (N-methyl/N-ethyl adjacent to an activating group) is 1. The quantitative estimate of drug-likeness (QED) is 0.424. The van der Waals surface area contributed by atoms with E-state index in [-0.39, 0.29) is 24.3 Å². The van der Waals surface area contributed by atoms with Gasteiger partial charge in [0.25, 0.3) is 5.91 Å². The van der Waals surface area contributed by atoms with Crippen LogP contribution in [0.5, 0.6) is 5.75 Å². The Labute approximate surface area is 149 Å². The zero-order valence-electron chi connectivity index (χ0n) is 14.4. The Morgan fingerprint density at radius 3 is 2.92 bits per heavy atom. The number of H-pyrrole nitrogens is 1. The van der Waals surface area contributed by atoms with Crippen LogP contribution in [0.25, 0.3) is 11.0 Å². The summed E-state index contributed by atoms with van der Waals surface area (Å²) >= 11 is 0. The number of nitriles is 1. The molecule has 0 radical (unpaired) electrons. The summed E-state index contributed by atoms with van der Waals surface area (Å²) < 4.78 is 0. The highest BCUT2D eigenvalue weighted by Crippen LogP contribution is 2.33. The van der Waals surface area contributed by atoms with Crippen LogP contribution in [0.2, 0.25) is 0 Å². The van der Waals surface area contributed by atoms with Crippen molar-refractivity contribution in [1.29, 1.82) is 5.26 Å². The molecule has 2 atom stereocenters. The molecule has 3 rings (SSSR count). The third kappa shape index (κ3) is 2.91. The first-order chi connectivity index (χ1) is 12.3. The zero-order chi connectivity index (χ0) is 19.1. The maximum absolute atomic E-state index is 12.2. The molecule has 1 amide bonds. The Morgan fingerprint density at radius 2 is 2.23 bits per heavy atom. The molecule has 10 heteroatoms.